The first kappa shape index (κ1) is 15.1. The van der Waals surface area contributed by atoms with E-state index in [1.54, 1.807) is 12.1 Å². The van der Waals surface area contributed by atoms with Gasteiger partial charge in [-0.1, -0.05) is 19.9 Å². The molecule has 0 atom stereocenters. The number of hydrogen-bond donors (Lipinski definition) is 2. The average Bonchev–Trinajstić information content (AvgIpc) is 2.31. The Morgan fingerprint density at radius 2 is 2.17 bits per heavy atom. The van der Waals surface area contributed by atoms with E-state index in [1.165, 1.54) is 6.07 Å². The van der Waals surface area contributed by atoms with Gasteiger partial charge < -0.3 is 10.6 Å². The minimum atomic E-state index is -0.284. The molecular weight excluding hydrogens is 299 g/mol. The van der Waals surface area contributed by atoms with Crippen molar-refractivity contribution in [3.8, 4) is 0 Å². The lowest BCUT2D eigenvalue weighted by atomic mass is 10.2. The van der Waals surface area contributed by atoms with Crippen LogP contribution in [-0.2, 0) is 11.3 Å². The van der Waals surface area contributed by atoms with E-state index in [9.17, 15) is 9.18 Å². The van der Waals surface area contributed by atoms with Gasteiger partial charge in [0.1, 0.15) is 5.82 Å². The molecule has 18 heavy (non-hydrogen) atoms. The zero-order valence-electron chi connectivity index (χ0n) is 10.6. The molecule has 0 unspecified atom stereocenters. The summed E-state index contributed by atoms with van der Waals surface area (Å²) in [7, 11) is 0. The summed E-state index contributed by atoms with van der Waals surface area (Å²) >= 11 is 3.13. The molecule has 0 aliphatic heterocycles. The van der Waals surface area contributed by atoms with E-state index in [-0.39, 0.29) is 18.3 Å². The maximum Gasteiger partial charge on any atom is 0.233 e. The highest BCUT2D eigenvalue weighted by Gasteiger charge is 2.03. The maximum atomic E-state index is 13.0. The first-order valence-corrected chi connectivity index (χ1v) is 6.69. The molecule has 1 aromatic carbocycles. The van der Waals surface area contributed by atoms with Crippen molar-refractivity contribution in [1.82, 2.24) is 10.6 Å². The number of carbonyl (C=O) groups is 1. The highest BCUT2D eigenvalue weighted by atomic mass is 79.9. The van der Waals surface area contributed by atoms with Crippen molar-refractivity contribution in [2.75, 3.05) is 13.1 Å². The second kappa shape index (κ2) is 7.48. The highest BCUT2D eigenvalue weighted by Crippen LogP contribution is 2.16. The number of carbonyl (C=O) groups excluding carboxylic acids is 1. The highest BCUT2D eigenvalue weighted by molar-refractivity contribution is 9.10. The smallest absolute Gasteiger partial charge is 0.233 e. The molecule has 100 valence electrons. The van der Waals surface area contributed by atoms with Crippen molar-refractivity contribution in [1.29, 1.82) is 0 Å². The summed E-state index contributed by atoms with van der Waals surface area (Å²) in [5.74, 6) is 0.139. The van der Waals surface area contributed by atoms with Gasteiger partial charge in [-0.05, 0) is 39.5 Å². The first-order valence-electron chi connectivity index (χ1n) is 5.90. The van der Waals surface area contributed by atoms with Gasteiger partial charge in [0.15, 0.2) is 0 Å². The Hall–Kier alpha value is -0.940. The molecule has 0 aliphatic rings. The van der Waals surface area contributed by atoms with Crippen LogP contribution in [0.15, 0.2) is 22.7 Å². The lowest BCUT2D eigenvalue weighted by molar-refractivity contribution is -0.120. The van der Waals surface area contributed by atoms with Crippen LogP contribution >= 0.6 is 15.9 Å². The SMILES string of the molecule is CC(C)CNC(=O)CNCc1ccc(F)c(Br)c1. The third-order valence-electron chi connectivity index (χ3n) is 2.31. The standard InChI is InChI=1S/C13H18BrFN2O/c1-9(2)6-17-13(18)8-16-7-10-3-4-12(15)11(14)5-10/h3-5,9,16H,6-8H2,1-2H3,(H,17,18). The van der Waals surface area contributed by atoms with Gasteiger partial charge in [-0.15, -0.1) is 0 Å². The predicted molar refractivity (Wildman–Crippen MR) is 73.7 cm³/mol. The Morgan fingerprint density at radius 3 is 2.78 bits per heavy atom. The topological polar surface area (TPSA) is 41.1 Å². The molecule has 5 heteroatoms. The van der Waals surface area contributed by atoms with Crippen LogP contribution in [0.25, 0.3) is 0 Å². The van der Waals surface area contributed by atoms with Gasteiger partial charge in [0.2, 0.25) is 5.91 Å². The van der Waals surface area contributed by atoms with Crippen LogP contribution in [0.2, 0.25) is 0 Å². The minimum absolute atomic E-state index is 0.0233. The van der Waals surface area contributed by atoms with E-state index >= 15 is 0 Å². The number of benzene rings is 1. The molecule has 0 heterocycles. The van der Waals surface area contributed by atoms with Crippen molar-refractivity contribution in [2.24, 2.45) is 5.92 Å². The van der Waals surface area contributed by atoms with E-state index in [2.05, 4.69) is 26.6 Å². The molecule has 1 amide bonds. The molecule has 3 nitrogen and oxygen atoms in total. The maximum absolute atomic E-state index is 13.0. The fourth-order valence-electron chi connectivity index (χ4n) is 1.35. The molecule has 0 spiro atoms. The van der Waals surface area contributed by atoms with Gasteiger partial charge in [0.05, 0.1) is 11.0 Å². The van der Waals surface area contributed by atoms with Gasteiger partial charge in [-0.2, -0.15) is 0 Å². The molecule has 1 rings (SSSR count). The molecule has 0 aliphatic carbocycles. The molecule has 0 aromatic heterocycles. The molecule has 0 radical (unpaired) electrons. The van der Waals surface area contributed by atoms with Crippen LogP contribution < -0.4 is 10.6 Å². The largest absolute Gasteiger partial charge is 0.355 e. The van der Waals surface area contributed by atoms with Crippen LogP contribution in [0.1, 0.15) is 19.4 Å². The molecule has 1 aromatic rings. The van der Waals surface area contributed by atoms with E-state index in [4.69, 9.17) is 0 Å². The van der Waals surface area contributed by atoms with Crippen LogP contribution in [0.3, 0.4) is 0 Å². The quantitative estimate of drug-likeness (QED) is 0.846. The zero-order chi connectivity index (χ0) is 13.5. The second-order valence-electron chi connectivity index (χ2n) is 4.55. The van der Waals surface area contributed by atoms with Gasteiger partial charge in [-0.3, -0.25) is 4.79 Å². The monoisotopic (exact) mass is 316 g/mol. The molecular formula is C13H18BrFN2O. The van der Waals surface area contributed by atoms with Crippen LogP contribution in [0, 0.1) is 11.7 Å². The molecule has 0 bridgehead atoms. The van der Waals surface area contributed by atoms with Crippen molar-refractivity contribution in [3.63, 3.8) is 0 Å². The summed E-state index contributed by atoms with van der Waals surface area (Å²) in [6, 6.07) is 4.80. The van der Waals surface area contributed by atoms with Crippen LogP contribution in [0.5, 0.6) is 0 Å². The lowest BCUT2D eigenvalue weighted by Crippen LogP contribution is -2.35. The van der Waals surface area contributed by atoms with E-state index in [1.807, 2.05) is 13.8 Å². The van der Waals surface area contributed by atoms with E-state index in [0.717, 1.165) is 5.56 Å². The summed E-state index contributed by atoms with van der Waals surface area (Å²) in [4.78, 5) is 11.4. The number of rotatable bonds is 6. The van der Waals surface area contributed by atoms with Crippen molar-refractivity contribution >= 4 is 21.8 Å². The van der Waals surface area contributed by atoms with Crippen molar-refractivity contribution in [3.05, 3.63) is 34.1 Å². The van der Waals surface area contributed by atoms with Gasteiger partial charge in [-0.25, -0.2) is 4.39 Å². The zero-order valence-corrected chi connectivity index (χ0v) is 12.2. The fourth-order valence-corrected chi connectivity index (χ4v) is 1.78. The van der Waals surface area contributed by atoms with Gasteiger partial charge >= 0.3 is 0 Å². The van der Waals surface area contributed by atoms with Crippen molar-refractivity contribution in [2.45, 2.75) is 20.4 Å². The molecule has 0 saturated heterocycles. The number of nitrogens with one attached hydrogen (secondary N) is 2. The van der Waals surface area contributed by atoms with Crippen molar-refractivity contribution < 1.29 is 9.18 Å². The Labute approximate surface area is 115 Å². The molecule has 0 fully saturated rings. The average molecular weight is 317 g/mol. The Morgan fingerprint density at radius 1 is 1.44 bits per heavy atom. The van der Waals surface area contributed by atoms with Crippen LogP contribution in [0.4, 0.5) is 4.39 Å². The molecule has 0 saturated carbocycles. The summed E-state index contributed by atoms with van der Waals surface area (Å²) in [6.07, 6.45) is 0. The Bertz CT molecular complexity index is 410. The Balaban J connectivity index is 2.28. The lowest BCUT2D eigenvalue weighted by Gasteiger charge is -2.09. The summed E-state index contributed by atoms with van der Waals surface area (Å²) in [6.45, 7) is 5.58. The third-order valence-corrected chi connectivity index (χ3v) is 2.91. The number of hydrogen-bond acceptors (Lipinski definition) is 2. The number of halogens is 2. The van der Waals surface area contributed by atoms with Gasteiger partial charge in [0, 0.05) is 13.1 Å². The summed E-state index contributed by atoms with van der Waals surface area (Å²) in [5, 5.41) is 5.83. The van der Waals surface area contributed by atoms with Crippen LogP contribution in [-0.4, -0.2) is 19.0 Å². The first-order chi connectivity index (χ1) is 8.49. The Kier molecular flexibility index (Phi) is 6.29. The fraction of sp³-hybridized carbons (Fsp3) is 0.462. The minimum Gasteiger partial charge on any atom is -0.355 e. The summed E-state index contributed by atoms with van der Waals surface area (Å²) in [5.41, 5.74) is 0.930. The summed E-state index contributed by atoms with van der Waals surface area (Å²) < 4.78 is 13.4. The molecule has 2 N–H and O–H groups in total. The predicted octanol–water partition coefficient (Wildman–Crippen LogP) is 2.45. The van der Waals surface area contributed by atoms with E-state index in [0.29, 0.717) is 23.5 Å². The third kappa shape index (κ3) is 5.60. The second-order valence-corrected chi connectivity index (χ2v) is 5.40. The van der Waals surface area contributed by atoms with Gasteiger partial charge in [0.25, 0.3) is 0 Å². The number of amides is 1. The van der Waals surface area contributed by atoms with E-state index < -0.39 is 0 Å². The normalized spacial score (nSPS) is 10.7.